The van der Waals surface area contributed by atoms with Gasteiger partial charge in [-0.3, -0.25) is 0 Å². The quantitative estimate of drug-likeness (QED) is 0.419. The van der Waals surface area contributed by atoms with Crippen LogP contribution in [-0.4, -0.2) is 20.1 Å². The molecule has 7 N–H and O–H groups in total. The first-order chi connectivity index (χ1) is 9.83. The molecule has 0 saturated carbocycles. The molecule has 0 fully saturated rings. The van der Waals surface area contributed by atoms with Gasteiger partial charge in [-0.25, -0.2) is 0 Å². The van der Waals surface area contributed by atoms with Gasteiger partial charge in [0.05, 0.1) is 0 Å². The van der Waals surface area contributed by atoms with E-state index in [0.29, 0.717) is 0 Å². The van der Waals surface area contributed by atoms with Crippen molar-refractivity contribution < 1.29 is 22.4 Å². The van der Waals surface area contributed by atoms with E-state index < -0.39 is 0 Å². The van der Waals surface area contributed by atoms with Crippen molar-refractivity contribution in [3.63, 3.8) is 0 Å². The first kappa shape index (κ1) is 86.4. The summed E-state index contributed by atoms with van der Waals surface area (Å²) in [5, 5.41) is 2.93. The Morgan fingerprint density at radius 1 is 0.625 bits per heavy atom. The molecular weight excluding hydrogens is 377 g/mol. The van der Waals surface area contributed by atoms with Gasteiger partial charge in [0.2, 0.25) is 0 Å². The van der Waals surface area contributed by atoms with E-state index in [1.165, 1.54) is 0 Å². The first-order valence-electron chi connectivity index (χ1n) is 9.18. The molecule has 1 radical (unpaired) electrons. The summed E-state index contributed by atoms with van der Waals surface area (Å²) < 4.78 is 0. The molecule has 0 atom stereocenters. The number of hydrogen-bond acceptors (Lipinski definition) is 2. The topological polar surface area (TPSA) is 105 Å². The molecule has 0 unspecified atom stereocenters. The summed E-state index contributed by atoms with van der Waals surface area (Å²) in [4.78, 5) is 0. The minimum Gasteiger partial charge on any atom is -0.693 e. The van der Waals surface area contributed by atoms with Crippen LogP contribution in [0.2, 0.25) is 0 Å². The first-order valence-corrected chi connectivity index (χ1v) is 9.18. The number of hydrogen-bond donors (Lipinski definition) is 2. The van der Waals surface area contributed by atoms with Gasteiger partial charge in [-0.1, -0.05) is 104 Å². The summed E-state index contributed by atoms with van der Waals surface area (Å²) in [6.45, 7) is 30.0. The second kappa shape index (κ2) is 573. The number of nitrogens with one attached hydrogen (secondary N) is 1. The van der Waals surface area contributed by atoms with Crippen LogP contribution in [0.4, 0.5) is 0 Å². The van der Waals surface area contributed by atoms with E-state index in [-0.39, 0.29) is 42.1 Å². The van der Waals surface area contributed by atoms with Gasteiger partial charge in [-0.05, 0) is 26.6 Å². The average Bonchev–Trinajstić information content (AvgIpc) is 2.65. The van der Waals surface area contributed by atoms with Gasteiger partial charge in [-0.15, -0.1) is 0 Å². The van der Waals surface area contributed by atoms with Crippen LogP contribution in [0.15, 0.2) is 0 Å². The van der Waals surface area contributed by atoms with Crippen molar-refractivity contribution in [3.8, 4) is 0 Å². The van der Waals surface area contributed by atoms with Crippen LogP contribution in [0.5, 0.6) is 0 Å². The van der Waals surface area contributed by atoms with E-state index in [1.807, 2.05) is 90.1 Å². The van der Waals surface area contributed by atoms with Gasteiger partial charge < -0.3 is 23.4 Å². The fourth-order valence-corrected chi connectivity index (χ4v) is 0. The van der Waals surface area contributed by atoms with Gasteiger partial charge in [0, 0.05) is 0 Å². The maximum Gasteiger partial charge on any atom is 2.00 e. The predicted molar refractivity (Wildman–Crippen MR) is 124 cm³/mol. The Morgan fingerprint density at radius 2 is 0.708 bits per heavy atom. The van der Waals surface area contributed by atoms with Crippen LogP contribution in [-0.2, 0) is 22.4 Å². The molecule has 0 heterocycles. The third-order valence-electron chi connectivity index (χ3n) is 0.642. The average molecular weight is 440 g/mol. The molecule has 0 spiro atoms. The molecule has 0 aliphatic heterocycles. The van der Waals surface area contributed by atoms with Crippen molar-refractivity contribution >= 4 is 0 Å². The van der Waals surface area contributed by atoms with Crippen LogP contribution < -0.4 is 11.1 Å². The molecule has 0 rings (SSSR count). The van der Waals surface area contributed by atoms with Crippen molar-refractivity contribution in [3.05, 3.63) is 12.3 Å². The number of rotatable bonds is 2. The van der Waals surface area contributed by atoms with Gasteiger partial charge in [0.1, 0.15) is 0 Å². The van der Waals surface area contributed by atoms with Crippen LogP contribution >= 0.6 is 0 Å². The fourth-order valence-electron chi connectivity index (χ4n) is 0. The standard InChI is InChI=1S/2C3H9N.6C2H6.CH4.2H2N.Nb/c1-3-4-2;1-2-3-4;6*1-2;;;;/h4H,3H2,1-2H3;2-4H2,1H3;6*1-2H3;1H4;2*1H2;/q;;;;;;;;;2*-1;+2. The minimum absolute atomic E-state index is 0. The molecule has 0 aromatic carbocycles. The van der Waals surface area contributed by atoms with Crippen molar-refractivity contribution in [2.75, 3.05) is 20.1 Å². The monoisotopic (exact) mass is 439 g/mol. The Bertz CT molecular complexity index is 29.3. The molecule has 0 aromatic heterocycles. The van der Waals surface area contributed by atoms with Crippen LogP contribution in [0.1, 0.15) is 111 Å². The Morgan fingerprint density at radius 3 is 0.708 bits per heavy atom. The summed E-state index contributed by atoms with van der Waals surface area (Å²) in [5.41, 5.74) is 5.03. The van der Waals surface area contributed by atoms with E-state index >= 15 is 0 Å². The van der Waals surface area contributed by atoms with E-state index in [4.69, 9.17) is 5.73 Å². The Balaban J connectivity index is -0.00000000687. The summed E-state index contributed by atoms with van der Waals surface area (Å²) in [6, 6.07) is 0. The van der Waals surface area contributed by atoms with E-state index in [9.17, 15) is 0 Å². The fraction of sp³-hybridized carbons (Fsp3) is 1.00. The molecule has 0 aliphatic rings. The zero-order valence-corrected chi connectivity index (χ0v) is 22.0. The molecule has 0 bridgehead atoms. The smallest absolute Gasteiger partial charge is 0.693 e. The van der Waals surface area contributed by atoms with Gasteiger partial charge in [-0.2, -0.15) is 0 Å². The van der Waals surface area contributed by atoms with Crippen LogP contribution in [0, 0.1) is 0 Å². The minimum atomic E-state index is 0. The van der Waals surface area contributed by atoms with E-state index in [1.54, 1.807) is 0 Å². The molecule has 163 valence electrons. The zero-order chi connectivity index (χ0) is 18.8. The predicted octanol–water partition coefficient (Wildman–Crippen LogP) is 8.81. The second-order valence-corrected chi connectivity index (χ2v) is 1.50. The van der Waals surface area contributed by atoms with Crippen molar-refractivity contribution in [2.45, 2.75) is 111 Å². The normalized spacial score (nSPS) is 4.00. The van der Waals surface area contributed by atoms with Gasteiger partial charge in [0.25, 0.3) is 0 Å². The molecule has 4 nitrogen and oxygen atoms in total. The largest absolute Gasteiger partial charge is 2.00 e. The van der Waals surface area contributed by atoms with E-state index in [2.05, 4.69) is 19.2 Å². The molecular formula is C19H62N4Nb. The maximum absolute atomic E-state index is 5.03. The summed E-state index contributed by atoms with van der Waals surface area (Å²) >= 11 is 0. The van der Waals surface area contributed by atoms with Gasteiger partial charge >= 0.3 is 22.4 Å². The third-order valence-corrected chi connectivity index (χ3v) is 0.642. The molecule has 0 amide bonds. The molecule has 24 heavy (non-hydrogen) atoms. The molecule has 0 saturated heterocycles. The Kier molecular flexibility index (Phi) is 2060. The van der Waals surface area contributed by atoms with Crippen molar-refractivity contribution in [1.82, 2.24) is 5.32 Å². The van der Waals surface area contributed by atoms with Gasteiger partial charge in [0.15, 0.2) is 0 Å². The Labute approximate surface area is 176 Å². The zero-order valence-electron chi connectivity index (χ0n) is 19.8. The summed E-state index contributed by atoms with van der Waals surface area (Å²) in [6.07, 6.45) is 1.10. The second-order valence-electron chi connectivity index (χ2n) is 1.50. The van der Waals surface area contributed by atoms with Crippen molar-refractivity contribution in [2.24, 2.45) is 5.73 Å². The molecule has 5 heteroatoms. The maximum atomic E-state index is 5.03. The van der Waals surface area contributed by atoms with Crippen LogP contribution in [0.3, 0.4) is 0 Å². The third kappa shape index (κ3) is 1580. The molecule has 0 aliphatic carbocycles. The SMILES string of the molecule is C.CC.CC.CC.CC.CC.CC.CCCN.CCNC.[NH2-].[NH2-].[Nb+2]. The summed E-state index contributed by atoms with van der Waals surface area (Å²) in [5.74, 6) is 0. The Hall–Kier alpha value is 0.580. The van der Waals surface area contributed by atoms with Crippen LogP contribution in [0.25, 0.3) is 12.3 Å². The number of nitrogens with two attached hydrogens (primary N) is 3. The van der Waals surface area contributed by atoms with E-state index in [0.717, 1.165) is 19.5 Å². The summed E-state index contributed by atoms with van der Waals surface area (Å²) in [7, 11) is 1.93. The molecule has 0 aromatic rings. The van der Waals surface area contributed by atoms with Crippen molar-refractivity contribution in [1.29, 1.82) is 0 Å².